The first-order chi connectivity index (χ1) is 9.02. The van der Waals surface area contributed by atoms with E-state index in [9.17, 15) is 14.7 Å². The van der Waals surface area contributed by atoms with Crippen LogP contribution in [0.3, 0.4) is 0 Å². The normalized spacial score (nSPS) is 9.05. The van der Waals surface area contributed by atoms with Crippen molar-refractivity contribution in [2.45, 2.75) is 34.1 Å². The molecule has 1 aromatic rings. The first-order valence-electron chi connectivity index (χ1n) is 6.28. The lowest BCUT2D eigenvalue weighted by Crippen LogP contribution is -2.08. The van der Waals surface area contributed by atoms with E-state index in [1.54, 1.807) is 19.1 Å². The number of anilines is 1. The fraction of sp³-hybridized carbons (Fsp3) is 0.429. The molecule has 0 spiro atoms. The molecule has 0 heterocycles. The topological polar surface area (TPSA) is 75.6 Å². The predicted octanol–water partition coefficient (Wildman–Crippen LogP) is 2.48. The van der Waals surface area contributed by atoms with E-state index in [1.807, 2.05) is 13.8 Å². The summed E-state index contributed by atoms with van der Waals surface area (Å²) in [6.45, 7) is 7.41. The number of rotatable bonds is 4. The molecule has 0 unspecified atom stereocenters. The van der Waals surface area contributed by atoms with Crippen molar-refractivity contribution in [1.29, 1.82) is 0 Å². The minimum atomic E-state index is -0.393. The zero-order chi connectivity index (χ0) is 14.8. The van der Waals surface area contributed by atoms with E-state index in [-0.39, 0.29) is 18.1 Å². The molecular weight excluding hydrogens is 246 g/mol. The van der Waals surface area contributed by atoms with E-state index in [4.69, 9.17) is 4.74 Å². The van der Waals surface area contributed by atoms with Gasteiger partial charge in [-0.05, 0) is 13.0 Å². The fourth-order valence-corrected chi connectivity index (χ4v) is 1.36. The summed E-state index contributed by atoms with van der Waals surface area (Å²) in [4.78, 5) is 22.0. The second-order valence-corrected chi connectivity index (χ2v) is 3.51. The van der Waals surface area contributed by atoms with Gasteiger partial charge in [0.25, 0.3) is 0 Å². The second kappa shape index (κ2) is 8.97. The molecule has 0 aliphatic carbocycles. The molecule has 0 atom stereocenters. The highest BCUT2D eigenvalue weighted by Gasteiger charge is 2.09. The summed E-state index contributed by atoms with van der Waals surface area (Å²) in [5.41, 5.74) is 0.958. The smallest absolute Gasteiger partial charge is 0.310 e. The summed E-state index contributed by atoms with van der Waals surface area (Å²) in [7, 11) is 0. The van der Waals surface area contributed by atoms with Gasteiger partial charge in [0.05, 0.1) is 13.0 Å². The lowest BCUT2D eigenvalue weighted by atomic mass is 10.1. The number of aromatic hydroxyl groups is 1. The van der Waals surface area contributed by atoms with Gasteiger partial charge in [-0.3, -0.25) is 9.59 Å². The number of amides is 1. The van der Waals surface area contributed by atoms with Crippen molar-refractivity contribution < 1.29 is 19.4 Å². The van der Waals surface area contributed by atoms with Crippen LogP contribution in [-0.2, 0) is 20.7 Å². The molecule has 1 aromatic carbocycles. The average molecular weight is 267 g/mol. The first-order valence-corrected chi connectivity index (χ1v) is 6.28. The van der Waals surface area contributed by atoms with Gasteiger partial charge in [0.2, 0.25) is 5.91 Å². The average Bonchev–Trinajstić information content (AvgIpc) is 2.35. The van der Waals surface area contributed by atoms with Crippen molar-refractivity contribution in [2.24, 2.45) is 0 Å². The van der Waals surface area contributed by atoms with Crippen LogP contribution in [0.2, 0.25) is 0 Å². The van der Waals surface area contributed by atoms with Gasteiger partial charge in [0.15, 0.2) is 0 Å². The van der Waals surface area contributed by atoms with E-state index in [0.29, 0.717) is 17.9 Å². The number of carbonyl (C=O) groups is 2. The van der Waals surface area contributed by atoms with Crippen molar-refractivity contribution in [3.05, 3.63) is 23.8 Å². The van der Waals surface area contributed by atoms with E-state index in [0.717, 1.165) is 0 Å². The van der Waals surface area contributed by atoms with Crippen LogP contribution in [0.25, 0.3) is 0 Å². The summed E-state index contributed by atoms with van der Waals surface area (Å²) in [5.74, 6) is -0.651. The van der Waals surface area contributed by atoms with Gasteiger partial charge in [0, 0.05) is 24.2 Å². The van der Waals surface area contributed by atoms with Gasteiger partial charge < -0.3 is 15.2 Å². The molecule has 0 radical (unpaired) electrons. The first kappa shape index (κ1) is 17.0. The monoisotopic (exact) mass is 267 g/mol. The maximum Gasteiger partial charge on any atom is 0.310 e. The van der Waals surface area contributed by atoms with Crippen molar-refractivity contribution in [3.8, 4) is 5.75 Å². The van der Waals surface area contributed by atoms with E-state index in [1.165, 1.54) is 13.0 Å². The van der Waals surface area contributed by atoms with Crippen LogP contribution in [0.5, 0.6) is 5.75 Å². The largest absolute Gasteiger partial charge is 0.508 e. The van der Waals surface area contributed by atoms with E-state index < -0.39 is 5.97 Å². The summed E-state index contributed by atoms with van der Waals surface area (Å²) in [6.07, 6.45) is 0.0139. The Hall–Kier alpha value is -2.04. The quantitative estimate of drug-likeness (QED) is 0.822. The predicted molar refractivity (Wildman–Crippen MR) is 74.1 cm³/mol. The summed E-state index contributed by atoms with van der Waals surface area (Å²) < 4.78 is 4.78. The molecule has 5 heteroatoms. The van der Waals surface area contributed by atoms with Crippen molar-refractivity contribution in [2.75, 3.05) is 11.9 Å². The number of hydrogen-bond donors (Lipinski definition) is 2. The number of ether oxygens (including phenoxy) is 1. The van der Waals surface area contributed by atoms with E-state index >= 15 is 0 Å². The van der Waals surface area contributed by atoms with Crippen LogP contribution in [0, 0.1) is 0 Å². The number of phenolic OH excluding ortho intramolecular Hbond substituents is 1. The lowest BCUT2D eigenvalue weighted by molar-refractivity contribution is -0.142. The third-order valence-corrected chi connectivity index (χ3v) is 2.05. The Labute approximate surface area is 113 Å². The van der Waals surface area contributed by atoms with Gasteiger partial charge in [-0.2, -0.15) is 0 Å². The maximum atomic E-state index is 11.2. The van der Waals surface area contributed by atoms with Gasteiger partial charge in [-0.1, -0.05) is 19.9 Å². The Bertz CT molecular complexity index is 429. The number of hydrogen-bond acceptors (Lipinski definition) is 4. The SMILES string of the molecule is CC.CCOC(=O)Cc1ccc(NC(C)=O)cc1O. The Morgan fingerprint density at radius 3 is 2.42 bits per heavy atom. The van der Waals surface area contributed by atoms with Crippen molar-refractivity contribution >= 4 is 17.6 Å². The van der Waals surface area contributed by atoms with Crippen molar-refractivity contribution in [3.63, 3.8) is 0 Å². The number of esters is 1. The molecule has 5 nitrogen and oxygen atoms in total. The highest BCUT2D eigenvalue weighted by Crippen LogP contribution is 2.22. The molecule has 1 amide bonds. The lowest BCUT2D eigenvalue weighted by Gasteiger charge is -2.07. The molecule has 106 valence electrons. The van der Waals surface area contributed by atoms with Gasteiger partial charge >= 0.3 is 5.97 Å². The molecule has 0 saturated carbocycles. The zero-order valence-electron chi connectivity index (χ0n) is 11.8. The summed E-state index contributed by atoms with van der Waals surface area (Å²) in [5, 5.41) is 12.2. The van der Waals surface area contributed by atoms with Gasteiger partial charge in [-0.25, -0.2) is 0 Å². The molecule has 0 aliphatic rings. The zero-order valence-corrected chi connectivity index (χ0v) is 11.8. The molecule has 0 aliphatic heterocycles. The molecule has 0 bridgehead atoms. The van der Waals surface area contributed by atoms with Crippen LogP contribution in [0.4, 0.5) is 5.69 Å². The number of carbonyl (C=O) groups excluding carboxylic acids is 2. The van der Waals surface area contributed by atoms with Crippen LogP contribution in [-0.4, -0.2) is 23.6 Å². The Kier molecular flexibility index (Phi) is 8.00. The number of benzene rings is 1. The molecule has 1 rings (SSSR count). The van der Waals surface area contributed by atoms with Gasteiger partial charge in [0.1, 0.15) is 5.75 Å². The molecule has 0 fully saturated rings. The highest BCUT2D eigenvalue weighted by molar-refractivity contribution is 5.89. The van der Waals surface area contributed by atoms with Crippen LogP contribution < -0.4 is 5.32 Å². The van der Waals surface area contributed by atoms with Crippen molar-refractivity contribution in [1.82, 2.24) is 0 Å². The minimum absolute atomic E-state index is 0.0139. The Morgan fingerprint density at radius 1 is 1.32 bits per heavy atom. The third-order valence-electron chi connectivity index (χ3n) is 2.05. The second-order valence-electron chi connectivity index (χ2n) is 3.51. The molecule has 0 saturated heterocycles. The van der Waals surface area contributed by atoms with Crippen LogP contribution in [0.15, 0.2) is 18.2 Å². The maximum absolute atomic E-state index is 11.2. The molecule has 19 heavy (non-hydrogen) atoms. The minimum Gasteiger partial charge on any atom is -0.508 e. The van der Waals surface area contributed by atoms with E-state index in [2.05, 4.69) is 5.32 Å². The standard InChI is InChI=1S/C12H15NO4.C2H6/c1-3-17-12(16)6-9-4-5-10(7-11(9)15)13-8(2)14;1-2/h4-5,7,15H,3,6H2,1-2H3,(H,13,14);1-2H3. The van der Waals surface area contributed by atoms with Crippen LogP contribution in [0.1, 0.15) is 33.3 Å². The third kappa shape index (κ3) is 6.45. The fourth-order valence-electron chi connectivity index (χ4n) is 1.36. The molecular formula is C14H21NO4. The van der Waals surface area contributed by atoms with Gasteiger partial charge in [-0.15, -0.1) is 0 Å². The number of phenols is 1. The molecule has 2 N–H and O–H groups in total. The Balaban J connectivity index is 0.00000154. The van der Waals surface area contributed by atoms with Crippen LogP contribution >= 0.6 is 0 Å². The Morgan fingerprint density at radius 2 is 1.95 bits per heavy atom. The molecule has 0 aromatic heterocycles. The summed E-state index contributed by atoms with van der Waals surface area (Å²) in [6, 6.07) is 4.60. The number of nitrogens with one attached hydrogen (secondary N) is 1. The highest BCUT2D eigenvalue weighted by atomic mass is 16.5. The summed E-state index contributed by atoms with van der Waals surface area (Å²) >= 11 is 0.